The average molecular weight is 486 g/mol. The SMILES string of the molecule is Br.Clc1ccc(COC(CN2C=CN(Cc3ccccc3)C2)c2ccccc2)cc1. The van der Waals surface area contributed by atoms with E-state index in [2.05, 4.69) is 76.8 Å². The molecule has 0 aromatic heterocycles. The Morgan fingerprint density at radius 3 is 2.10 bits per heavy atom. The lowest BCUT2D eigenvalue weighted by Gasteiger charge is -2.26. The molecule has 1 atom stereocenters. The smallest absolute Gasteiger partial charge is 0.100 e. The van der Waals surface area contributed by atoms with Crippen LogP contribution in [0.2, 0.25) is 5.02 Å². The highest BCUT2D eigenvalue weighted by atomic mass is 79.9. The van der Waals surface area contributed by atoms with E-state index in [9.17, 15) is 0 Å². The maximum absolute atomic E-state index is 6.33. The van der Waals surface area contributed by atoms with Crippen molar-refractivity contribution in [1.82, 2.24) is 9.80 Å². The Morgan fingerprint density at radius 1 is 0.767 bits per heavy atom. The minimum Gasteiger partial charge on any atom is -0.367 e. The molecule has 0 bridgehead atoms. The summed E-state index contributed by atoms with van der Waals surface area (Å²) >= 11 is 6.00. The van der Waals surface area contributed by atoms with E-state index < -0.39 is 0 Å². The highest BCUT2D eigenvalue weighted by Crippen LogP contribution is 2.23. The van der Waals surface area contributed by atoms with Gasteiger partial charge in [-0.3, -0.25) is 0 Å². The van der Waals surface area contributed by atoms with Crippen LogP contribution in [0.5, 0.6) is 0 Å². The van der Waals surface area contributed by atoms with Crippen LogP contribution in [0.25, 0.3) is 0 Å². The topological polar surface area (TPSA) is 15.7 Å². The third-order valence-corrected chi connectivity index (χ3v) is 5.27. The van der Waals surface area contributed by atoms with Gasteiger partial charge in [-0.2, -0.15) is 0 Å². The molecule has 156 valence electrons. The Labute approximate surface area is 194 Å². The quantitative estimate of drug-likeness (QED) is 0.366. The van der Waals surface area contributed by atoms with Crippen LogP contribution in [-0.4, -0.2) is 23.0 Å². The van der Waals surface area contributed by atoms with Crippen LogP contribution in [0.15, 0.2) is 97.3 Å². The Bertz CT molecular complexity index is 919. The van der Waals surface area contributed by atoms with Gasteiger partial charge in [0.2, 0.25) is 0 Å². The molecule has 0 saturated heterocycles. The lowest BCUT2D eigenvalue weighted by molar-refractivity contribution is 0.0193. The molecule has 0 N–H and O–H groups in total. The summed E-state index contributed by atoms with van der Waals surface area (Å²) in [5, 5.41) is 0.745. The molecule has 4 rings (SSSR count). The molecule has 3 nitrogen and oxygen atoms in total. The van der Waals surface area contributed by atoms with Gasteiger partial charge in [-0.05, 0) is 28.8 Å². The highest BCUT2D eigenvalue weighted by Gasteiger charge is 2.19. The van der Waals surface area contributed by atoms with E-state index in [1.807, 2.05) is 30.3 Å². The first-order chi connectivity index (χ1) is 14.3. The second kappa shape index (κ2) is 11.2. The summed E-state index contributed by atoms with van der Waals surface area (Å²) in [5.41, 5.74) is 3.63. The molecule has 1 aliphatic heterocycles. The van der Waals surface area contributed by atoms with Gasteiger partial charge in [0, 0.05) is 30.5 Å². The Morgan fingerprint density at radius 2 is 1.40 bits per heavy atom. The van der Waals surface area contributed by atoms with Crippen molar-refractivity contribution in [2.24, 2.45) is 0 Å². The molecular formula is C25H26BrClN2O. The van der Waals surface area contributed by atoms with Crippen molar-refractivity contribution >= 4 is 28.6 Å². The largest absolute Gasteiger partial charge is 0.367 e. The zero-order chi connectivity index (χ0) is 19.9. The summed E-state index contributed by atoms with van der Waals surface area (Å²) < 4.78 is 6.33. The van der Waals surface area contributed by atoms with E-state index >= 15 is 0 Å². The van der Waals surface area contributed by atoms with Crippen molar-refractivity contribution in [3.63, 3.8) is 0 Å². The Kier molecular flexibility index (Phi) is 8.38. The maximum Gasteiger partial charge on any atom is 0.100 e. The van der Waals surface area contributed by atoms with E-state index in [0.29, 0.717) is 6.61 Å². The van der Waals surface area contributed by atoms with Crippen LogP contribution >= 0.6 is 28.6 Å². The minimum atomic E-state index is -0.00629. The fourth-order valence-corrected chi connectivity index (χ4v) is 3.59. The third kappa shape index (κ3) is 6.36. The molecule has 30 heavy (non-hydrogen) atoms. The van der Waals surface area contributed by atoms with Crippen molar-refractivity contribution in [3.8, 4) is 0 Å². The van der Waals surface area contributed by atoms with Crippen LogP contribution < -0.4 is 0 Å². The van der Waals surface area contributed by atoms with Gasteiger partial charge < -0.3 is 14.5 Å². The van der Waals surface area contributed by atoms with Gasteiger partial charge in [0.25, 0.3) is 0 Å². The molecule has 0 amide bonds. The Balaban J connectivity index is 0.00000256. The van der Waals surface area contributed by atoms with Gasteiger partial charge in [0.15, 0.2) is 0 Å². The number of hydrogen-bond acceptors (Lipinski definition) is 3. The zero-order valence-corrected chi connectivity index (χ0v) is 19.2. The first-order valence-electron chi connectivity index (χ1n) is 9.87. The predicted molar refractivity (Wildman–Crippen MR) is 128 cm³/mol. The summed E-state index contributed by atoms with van der Waals surface area (Å²) in [7, 11) is 0. The minimum absolute atomic E-state index is 0. The van der Waals surface area contributed by atoms with Crippen molar-refractivity contribution in [1.29, 1.82) is 0 Å². The number of ether oxygens (including phenoxy) is 1. The summed E-state index contributed by atoms with van der Waals surface area (Å²) in [5.74, 6) is 0. The second-order valence-corrected chi connectivity index (χ2v) is 7.72. The van der Waals surface area contributed by atoms with E-state index in [1.165, 1.54) is 11.1 Å². The molecule has 3 aromatic rings. The highest BCUT2D eigenvalue weighted by molar-refractivity contribution is 8.93. The first kappa shape index (κ1) is 22.4. The lowest BCUT2D eigenvalue weighted by atomic mass is 10.1. The maximum atomic E-state index is 6.33. The van der Waals surface area contributed by atoms with Crippen molar-refractivity contribution in [2.45, 2.75) is 19.3 Å². The Hall–Kier alpha value is -2.27. The van der Waals surface area contributed by atoms with Gasteiger partial charge in [-0.1, -0.05) is 84.4 Å². The van der Waals surface area contributed by atoms with Gasteiger partial charge in [-0.15, -0.1) is 17.0 Å². The fourth-order valence-electron chi connectivity index (χ4n) is 3.47. The van der Waals surface area contributed by atoms with Gasteiger partial charge in [-0.25, -0.2) is 0 Å². The van der Waals surface area contributed by atoms with Crippen LogP contribution in [0.4, 0.5) is 0 Å². The van der Waals surface area contributed by atoms with Gasteiger partial charge in [0.1, 0.15) is 6.10 Å². The second-order valence-electron chi connectivity index (χ2n) is 7.28. The van der Waals surface area contributed by atoms with Crippen LogP contribution in [0, 0.1) is 0 Å². The number of rotatable bonds is 8. The summed E-state index contributed by atoms with van der Waals surface area (Å²) in [4.78, 5) is 4.62. The molecule has 1 heterocycles. The van der Waals surface area contributed by atoms with Crippen LogP contribution in [-0.2, 0) is 17.9 Å². The van der Waals surface area contributed by atoms with Gasteiger partial charge in [0.05, 0.1) is 13.3 Å². The average Bonchev–Trinajstić information content (AvgIpc) is 3.20. The molecule has 0 aliphatic carbocycles. The number of benzene rings is 3. The summed E-state index contributed by atoms with van der Waals surface area (Å²) in [6.07, 6.45) is 4.31. The van der Waals surface area contributed by atoms with Crippen molar-refractivity contribution in [2.75, 3.05) is 13.2 Å². The summed E-state index contributed by atoms with van der Waals surface area (Å²) in [6, 6.07) is 28.8. The molecule has 1 unspecified atom stereocenters. The molecular weight excluding hydrogens is 460 g/mol. The molecule has 1 aliphatic rings. The predicted octanol–water partition coefficient (Wildman–Crippen LogP) is 6.42. The monoisotopic (exact) mass is 484 g/mol. The van der Waals surface area contributed by atoms with E-state index in [1.54, 1.807) is 0 Å². The first-order valence-corrected chi connectivity index (χ1v) is 10.3. The fraction of sp³-hybridized carbons (Fsp3) is 0.200. The van der Waals surface area contributed by atoms with E-state index in [4.69, 9.17) is 16.3 Å². The molecule has 0 saturated carbocycles. The molecule has 0 radical (unpaired) electrons. The normalized spacial score (nSPS) is 13.9. The molecule has 0 fully saturated rings. The van der Waals surface area contributed by atoms with E-state index in [-0.39, 0.29) is 23.1 Å². The zero-order valence-electron chi connectivity index (χ0n) is 16.7. The summed E-state index contributed by atoms with van der Waals surface area (Å²) in [6.45, 7) is 3.14. The number of nitrogens with zero attached hydrogens (tertiary/aromatic N) is 2. The molecule has 3 aromatic carbocycles. The van der Waals surface area contributed by atoms with Crippen molar-refractivity contribution < 1.29 is 4.74 Å². The lowest BCUT2D eigenvalue weighted by Crippen LogP contribution is -2.29. The molecule has 5 heteroatoms. The number of halogens is 2. The molecule has 0 spiro atoms. The van der Waals surface area contributed by atoms with E-state index in [0.717, 1.165) is 30.3 Å². The van der Waals surface area contributed by atoms with Gasteiger partial charge >= 0.3 is 0 Å². The van der Waals surface area contributed by atoms with Crippen molar-refractivity contribution in [3.05, 3.63) is 119 Å². The van der Waals surface area contributed by atoms with Crippen LogP contribution in [0.1, 0.15) is 22.8 Å². The number of hydrogen-bond donors (Lipinski definition) is 0. The third-order valence-electron chi connectivity index (χ3n) is 5.02. The van der Waals surface area contributed by atoms with Crippen LogP contribution in [0.3, 0.4) is 0 Å². The standard InChI is InChI=1S/C25H25ClN2O.BrH/c26-24-13-11-22(12-14-24)19-29-25(23-9-5-2-6-10-23)18-28-16-15-27(20-28)17-21-7-3-1-4-8-21;/h1-16,25H,17-20H2;1H.